The van der Waals surface area contributed by atoms with Crippen LogP contribution in [0.2, 0.25) is 0 Å². The lowest BCUT2D eigenvalue weighted by Crippen LogP contribution is -2.29. The molecule has 0 aliphatic heterocycles. The van der Waals surface area contributed by atoms with Crippen LogP contribution < -0.4 is 5.73 Å². The molecule has 4 nitrogen and oxygen atoms in total. The topological polar surface area (TPSA) is 63.4 Å². The second-order valence-electron chi connectivity index (χ2n) is 4.70. The molecule has 0 bridgehead atoms. The number of nitrogens with zero attached hydrogens (tertiary/aromatic N) is 1. The highest BCUT2D eigenvalue weighted by molar-refractivity contribution is 7.89. The highest BCUT2D eigenvalue weighted by Gasteiger charge is 2.24. The van der Waals surface area contributed by atoms with E-state index < -0.39 is 15.8 Å². The Bertz CT molecular complexity index is 515. The molecule has 0 fully saturated rings. The first kappa shape index (κ1) is 14.9. The minimum Gasteiger partial charge on any atom is -0.399 e. The summed E-state index contributed by atoms with van der Waals surface area (Å²) in [6, 6.07) is 3.55. The molecule has 0 saturated carbocycles. The Morgan fingerprint density at radius 1 is 1.39 bits per heavy atom. The Labute approximate surface area is 108 Å². The van der Waals surface area contributed by atoms with E-state index in [0.717, 1.165) is 22.9 Å². The van der Waals surface area contributed by atoms with Crippen LogP contribution >= 0.6 is 0 Å². The van der Waals surface area contributed by atoms with Crippen LogP contribution in [0.5, 0.6) is 0 Å². The number of rotatable bonds is 5. The van der Waals surface area contributed by atoms with Gasteiger partial charge in [-0.3, -0.25) is 0 Å². The first-order valence-corrected chi connectivity index (χ1v) is 7.20. The van der Waals surface area contributed by atoms with Crippen molar-refractivity contribution < 1.29 is 12.8 Å². The maximum atomic E-state index is 13.6. The quantitative estimate of drug-likeness (QED) is 0.836. The average molecular weight is 274 g/mol. The van der Waals surface area contributed by atoms with E-state index in [1.165, 1.54) is 13.1 Å². The summed E-state index contributed by atoms with van der Waals surface area (Å²) in [7, 11) is -2.36. The van der Waals surface area contributed by atoms with Gasteiger partial charge in [0.1, 0.15) is 10.7 Å². The van der Waals surface area contributed by atoms with Gasteiger partial charge in [0.15, 0.2) is 0 Å². The largest absolute Gasteiger partial charge is 0.399 e. The van der Waals surface area contributed by atoms with Crippen LogP contribution in [0, 0.1) is 11.7 Å². The molecule has 0 amide bonds. The van der Waals surface area contributed by atoms with Crippen molar-refractivity contribution in [3.05, 3.63) is 24.0 Å². The summed E-state index contributed by atoms with van der Waals surface area (Å²) in [6.45, 7) is 4.36. The third kappa shape index (κ3) is 3.43. The predicted octanol–water partition coefficient (Wildman–Crippen LogP) is 2.07. The second-order valence-corrected chi connectivity index (χ2v) is 6.71. The van der Waals surface area contributed by atoms with E-state index in [4.69, 9.17) is 5.73 Å². The standard InChI is InChI=1S/C12H19FN2O2S/c1-9(2)6-7-15(3)18(16,17)12-8-10(14)4-5-11(12)13/h4-5,8-9H,6-7,14H2,1-3H3. The lowest BCUT2D eigenvalue weighted by atomic mass is 10.1. The maximum Gasteiger partial charge on any atom is 0.245 e. The fourth-order valence-electron chi connectivity index (χ4n) is 1.45. The van der Waals surface area contributed by atoms with Crippen molar-refractivity contribution in [2.24, 2.45) is 5.92 Å². The molecule has 0 aliphatic carbocycles. The van der Waals surface area contributed by atoms with Crippen molar-refractivity contribution >= 4 is 15.7 Å². The summed E-state index contributed by atoms with van der Waals surface area (Å²) in [4.78, 5) is -0.367. The molecule has 1 rings (SSSR count). The molecule has 0 aromatic heterocycles. The van der Waals surface area contributed by atoms with Crippen molar-refractivity contribution in [3.63, 3.8) is 0 Å². The number of halogens is 1. The van der Waals surface area contributed by atoms with E-state index in [0.29, 0.717) is 12.5 Å². The van der Waals surface area contributed by atoms with E-state index in [2.05, 4.69) is 0 Å². The summed E-state index contributed by atoms with van der Waals surface area (Å²) >= 11 is 0. The molecule has 0 atom stereocenters. The van der Waals surface area contributed by atoms with E-state index in [1.54, 1.807) is 0 Å². The molecule has 2 N–H and O–H groups in total. The van der Waals surface area contributed by atoms with Gasteiger partial charge in [0.2, 0.25) is 10.0 Å². The molecular formula is C12H19FN2O2S. The van der Waals surface area contributed by atoms with Crippen LogP contribution in [0.3, 0.4) is 0 Å². The lowest BCUT2D eigenvalue weighted by Gasteiger charge is -2.18. The second kappa shape index (κ2) is 5.67. The number of sulfonamides is 1. The molecule has 1 aromatic rings. The Morgan fingerprint density at radius 3 is 2.56 bits per heavy atom. The monoisotopic (exact) mass is 274 g/mol. The fourth-order valence-corrected chi connectivity index (χ4v) is 2.73. The number of anilines is 1. The SMILES string of the molecule is CC(C)CCN(C)S(=O)(=O)c1cc(N)ccc1F. The van der Waals surface area contributed by atoms with Crippen LogP contribution in [0.1, 0.15) is 20.3 Å². The summed E-state index contributed by atoms with van der Waals surface area (Å²) in [5.74, 6) is -0.395. The van der Waals surface area contributed by atoms with Gasteiger partial charge >= 0.3 is 0 Å². The van der Waals surface area contributed by atoms with Gasteiger partial charge in [0, 0.05) is 19.3 Å². The average Bonchev–Trinajstić information content (AvgIpc) is 2.28. The molecule has 6 heteroatoms. The minimum atomic E-state index is -3.81. The number of hydrogen-bond acceptors (Lipinski definition) is 3. The molecule has 0 radical (unpaired) electrons. The smallest absolute Gasteiger partial charge is 0.245 e. The van der Waals surface area contributed by atoms with E-state index in [-0.39, 0.29) is 10.6 Å². The third-order valence-electron chi connectivity index (χ3n) is 2.66. The molecule has 0 spiro atoms. The Morgan fingerprint density at radius 2 is 2.00 bits per heavy atom. The summed E-state index contributed by atoms with van der Waals surface area (Å²) < 4.78 is 39.0. The Balaban J connectivity index is 3.02. The first-order valence-electron chi connectivity index (χ1n) is 5.76. The summed E-state index contributed by atoms with van der Waals surface area (Å²) in [5, 5.41) is 0. The van der Waals surface area contributed by atoms with Crippen molar-refractivity contribution in [3.8, 4) is 0 Å². The van der Waals surface area contributed by atoms with E-state index >= 15 is 0 Å². The first-order chi connectivity index (χ1) is 8.25. The van der Waals surface area contributed by atoms with Crippen LogP contribution in [-0.2, 0) is 10.0 Å². The van der Waals surface area contributed by atoms with Gasteiger partial charge in [-0.2, -0.15) is 0 Å². The minimum absolute atomic E-state index is 0.229. The molecule has 1 aromatic carbocycles. The van der Waals surface area contributed by atoms with Gasteiger partial charge in [-0.05, 0) is 30.5 Å². The van der Waals surface area contributed by atoms with Crippen LogP contribution in [-0.4, -0.2) is 26.3 Å². The van der Waals surface area contributed by atoms with Gasteiger partial charge in [-0.15, -0.1) is 0 Å². The Kier molecular flexibility index (Phi) is 4.70. The predicted molar refractivity (Wildman–Crippen MR) is 70.1 cm³/mol. The van der Waals surface area contributed by atoms with Gasteiger partial charge in [0.25, 0.3) is 0 Å². The number of nitrogen functional groups attached to an aromatic ring is 1. The summed E-state index contributed by atoms with van der Waals surface area (Å²) in [5.41, 5.74) is 5.73. The highest BCUT2D eigenvalue weighted by atomic mass is 32.2. The number of hydrogen-bond donors (Lipinski definition) is 1. The zero-order chi connectivity index (χ0) is 13.9. The van der Waals surface area contributed by atoms with Gasteiger partial charge < -0.3 is 5.73 Å². The van der Waals surface area contributed by atoms with Gasteiger partial charge in [0.05, 0.1) is 0 Å². The van der Waals surface area contributed by atoms with Crippen molar-refractivity contribution in [1.29, 1.82) is 0 Å². The molecule has 0 unspecified atom stereocenters. The van der Waals surface area contributed by atoms with Crippen molar-refractivity contribution in [2.75, 3.05) is 19.3 Å². The zero-order valence-corrected chi connectivity index (χ0v) is 11.7. The van der Waals surface area contributed by atoms with Crippen LogP contribution in [0.25, 0.3) is 0 Å². The van der Waals surface area contributed by atoms with Crippen LogP contribution in [0.4, 0.5) is 10.1 Å². The summed E-state index contributed by atoms with van der Waals surface area (Å²) in [6.07, 6.45) is 0.722. The van der Waals surface area contributed by atoms with Crippen molar-refractivity contribution in [2.45, 2.75) is 25.2 Å². The van der Waals surface area contributed by atoms with Gasteiger partial charge in [-0.1, -0.05) is 13.8 Å². The normalized spacial score (nSPS) is 12.3. The molecular weight excluding hydrogens is 255 g/mol. The molecule has 0 saturated heterocycles. The molecule has 0 heterocycles. The fraction of sp³-hybridized carbons (Fsp3) is 0.500. The molecule has 0 aliphatic rings. The number of benzene rings is 1. The van der Waals surface area contributed by atoms with Gasteiger partial charge in [-0.25, -0.2) is 17.1 Å². The third-order valence-corrected chi connectivity index (χ3v) is 4.54. The lowest BCUT2D eigenvalue weighted by molar-refractivity contribution is 0.424. The van der Waals surface area contributed by atoms with E-state index in [1.807, 2.05) is 13.8 Å². The molecule has 102 valence electrons. The highest BCUT2D eigenvalue weighted by Crippen LogP contribution is 2.21. The van der Waals surface area contributed by atoms with Crippen molar-refractivity contribution in [1.82, 2.24) is 4.31 Å². The Hall–Kier alpha value is -1.14. The maximum absolute atomic E-state index is 13.6. The number of nitrogens with two attached hydrogens (primary N) is 1. The molecule has 18 heavy (non-hydrogen) atoms. The zero-order valence-electron chi connectivity index (χ0n) is 10.9. The van der Waals surface area contributed by atoms with E-state index in [9.17, 15) is 12.8 Å². The van der Waals surface area contributed by atoms with Crippen LogP contribution in [0.15, 0.2) is 23.1 Å².